The lowest BCUT2D eigenvalue weighted by Gasteiger charge is -2.16. The summed E-state index contributed by atoms with van der Waals surface area (Å²) in [6.45, 7) is 4.89. The van der Waals surface area contributed by atoms with Gasteiger partial charge in [0.2, 0.25) is 0 Å². The van der Waals surface area contributed by atoms with E-state index in [4.69, 9.17) is 4.74 Å². The summed E-state index contributed by atoms with van der Waals surface area (Å²) in [6, 6.07) is 4.75. The first-order chi connectivity index (χ1) is 8.10. The fourth-order valence-electron chi connectivity index (χ4n) is 1.20. The fourth-order valence-corrected chi connectivity index (χ4v) is 1.20. The van der Waals surface area contributed by atoms with Gasteiger partial charge in [-0.1, -0.05) is 12.1 Å². The molecule has 18 heavy (non-hydrogen) atoms. The van der Waals surface area contributed by atoms with E-state index in [-0.39, 0.29) is 6.61 Å². The Labute approximate surface area is 104 Å². The summed E-state index contributed by atoms with van der Waals surface area (Å²) >= 11 is 0. The van der Waals surface area contributed by atoms with Crippen molar-refractivity contribution in [3.63, 3.8) is 0 Å². The van der Waals surface area contributed by atoms with Crippen molar-refractivity contribution in [3.8, 4) is 0 Å². The van der Waals surface area contributed by atoms with Crippen LogP contribution in [0.5, 0.6) is 0 Å². The molecule has 0 spiro atoms. The molecular weight excluding hydrogens is 245 g/mol. The monoisotopic (exact) mass is 260 g/mol. The minimum Gasteiger partial charge on any atom is -0.460 e. The molecule has 0 aliphatic heterocycles. The maximum atomic E-state index is 12.4. The molecule has 2 nitrogen and oxygen atoms in total. The zero-order valence-electron chi connectivity index (χ0n) is 10.5. The van der Waals surface area contributed by atoms with Gasteiger partial charge >= 0.3 is 12.1 Å². The van der Waals surface area contributed by atoms with E-state index >= 15 is 0 Å². The number of ether oxygens (including phenoxy) is 1. The first-order valence-corrected chi connectivity index (χ1v) is 5.44. The molecule has 100 valence electrons. The Morgan fingerprint density at radius 3 is 2.33 bits per heavy atom. The fraction of sp³-hybridized carbons (Fsp3) is 0.462. The number of carbonyl (C=O) groups excluding carboxylic acids is 1. The van der Waals surface area contributed by atoms with E-state index in [1.807, 2.05) is 0 Å². The Hall–Kier alpha value is -1.52. The second kappa shape index (κ2) is 5.00. The number of rotatable bonds is 2. The van der Waals surface area contributed by atoms with Gasteiger partial charge in [0.15, 0.2) is 0 Å². The standard InChI is InChI=1S/C13H15F3O2/c1-12(2,3)11(17)18-8-9-5-4-6-10(7-9)13(14,15)16/h4-7H,8H2,1-3H3. The van der Waals surface area contributed by atoms with Crippen molar-refractivity contribution in [3.05, 3.63) is 35.4 Å². The molecule has 0 aliphatic rings. The van der Waals surface area contributed by atoms with Crippen molar-refractivity contribution in [2.24, 2.45) is 5.41 Å². The summed E-state index contributed by atoms with van der Waals surface area (Å²) in [6.07, 6.45) is -4.38. The maximum Gasteiger partial charge on any atom is 0.416 e. The van der Waals surface area contributed by atoms with Crippen LogP contribution in [0.3, 0.4) is 0 Å². The molecule has 0 heterocycles. The van der Waals surface area contributed by atoms with Crippen LogP contribution >= 0.6 is 0 Å². The van der Waals surface area contributed by atoms with Gasteiger partial charge in [-0.15, -0.1) is 0 Å². The van der Waals surface area contributed by atoms with Crippen molar-refractivity contribution < 1.29 is 22.7 Å². The number of esters is 1. The maximum absolute atomic E-state index is 12.4. The average Bonchev–Trinajstić information content (AvgIpc) is 2.23. The normalized spacial score (nSPS) is 12.3. The molecule has 0 fully saturated rings. The highest BCUT2D eigenvalue weighted by Crippen LogP contribution is 2.29. The Morgan fingerprint density at radius 1 is 1.22 bits per heavy atom. The average molecular weight is 260 g/mol. The highest BCUT2D eigenvalue weighted by Gasteiger charge is 2.30. The SMILES string of the molecule is CC(C)(C)C(=O)OCc1cccc(C(F)(F)F)c1. The molecule has 5 heteroatoms. The van der Waals surface area contributed by atoms with E-state index < -0.39 is 23.1 Å². The van der Waals surface area contributed by atoms with Crippen LogP contribution in [0.15, 0.2) is 24.3 Å². The van der Waals surface area contributed by atoms with Gasteiger partial charge in [0, 0.05) is 0 Å². The predicted octanol–water partition coefficient (Wildman–Crippen LogP) is 3.79. The van der Waals surface area contributed by atoms with E-state index in [9.17, 15) is 18.0 Å². The molecule has 0 aromatic heterocycles. The van der Waals surface area contributed by atoms with Crippen molar-refractivity contribution >= 4 is 5.97 Å². The van der Waals surface area contributed by atoms with Gasteiger partial charge in [-0.2, -0.15) is 13.2 Å². The molecule has 1 rings (SSSR count). The summed E-state index contributed by atoms with van der Waals surface area (Å²) < 4.78 is 42.3. The molecule has 0 unspecified atom stereocenters. The molecule has 0 radical (unpaired) electrons. The minimum absolute atomic E-state index is 0.153. The van der Waals surface area contributed by atoms with Crippen molar-refractivity contribution in [2.75, 3.05) is 0 Å². The summed E-state index contributed by atoms with van der Waals surface area (Å²) in [4.78, 5) is 11.5. The molecule has 1 aromatic rings. The van der Waals surface area contributed by atoms with Gasteiger partial charge < -0.3 is 4.74 Å². The number of halogens is 3. The third-order valence-electron chi connectivity index (χ3n) is 2.24. The van der Waals surface area contributed by atoms with Crippen LogP contribution in [-0.4, -0.2) is 5.97 Å². The van der Waals surface area contributed by atoms with Gasteiger partial charge in [0.25, 0.3) is 0 Å². The lowest BCUT2D eigenvalue weighted by molar-refractivity contribution is -0.154. The molecular formula is C13H15F3O2. The first kappa shape index (κ1) is 14.5. The Morgan fingerprint density at radius 2 is 1.83 bits per heavy atom. The van der Waals surface area contributed by atoms with Crippen LogP contribution in [0.25, 0.3) is 0 Å². The molecule has 1 aromatic carbocycles. The van der Waals surface area contributed by atoms with E-state index in [0.717, 1.165) is 12.1 Å². The minimum atomic E-state index is -4.38. The number of benzene rings is 1. The zero-order chi connectivity index (χ0) is 14.0. The van der Waals surface area contributed by atoms with Crippen LogP contribution in [0, 0.1) is 5.41 Å². The van der Waals surface area contributed by atoms with Crippen LogP contribution < -0.4 is 0 Å². The van der Waals surface area contributed by atoms with Crippen LogP contribution in [0.1, 0.15) is 31.9 Å². The highest BCUT2D eigenvalue weighted by atomic mass is 19.4. The zero-order valence-corrected chi connectivity index (χ0v) is 10.5. The summed E-state index contributed by atoms with van der Waals surface area (Å²) in [5, 5.41) is 0. The van der Waals surface area contributed by atoms with E-state index in [1.54, 1.807) is 20.8 Å². The second-order valence-electron chi connectivity index (χ2n) is 5.02. The highest BCUT2D eigenvalue weighted by molar-refractivity contribution is 5.75. The molecule has 0 N–H and O–H groups in total. The lowest BCUT2D eigenvalue weighted by Crippen LogP contribution is -2.22. The first-order valence-electron chi connectivity index (χ1n) is 5.44. The van der Waals surface area contributed by atoms with Crippen LogP contribution in [-0.2, 0) is 22.3 Å². The van der Waals surface area contributed by atoms with E-state index in [1.165, 1.54) is 12.1 Å². The predicted molar refractivity (Wildman–Crippen MR) is 60.7 cm³/mol. The van der Waals surface area contributed by atoms with Crippen molar-refractivity contribution in [1.82, 2.24) is 0 Å². The van der Waals surface area contributed by atoms with Crippen molar-refractivity contribution in [1.29, 1.82) is 0 Å². The van der Waals surface area contributed by atoms with Gasteiger partial charge in [0.1, 0.15) is 6.61 Å². The van der Waals surface area contributed by atoms with Crippen molar-refractivity contribution in [2.45, 2.75) is 33.6 Å². The molecule has 0 atom stereocenters. The molecule has 0 aliphatic carbocycles. The van der Waals surface area contributed by atoms with E-state index in [0.29, 0.717) is 5.56 Å². The molecule has 0 bridgehead atoms. The summed E-state index contributed by atoms with van der Waals surface area (Å²) in [7, 11) is 0. The third kappa shape index (κ3) is 4.05. The smallest absolute Gasteiger partial charge is 0.416 e. The number of carbonyl (C=O) groups is 1. The van der Waals surface area contributed by atoms with Gasteiger partial charge in [0.05, 0.1) is 11.0 Å². The number of hydrogen-bond donors (Lipinski definition) is 0. The Balaban J connectivity index is 2.73. The molecule has 0 saturated heterocycles. The Bertz CT molecular complexity index is 431. The summed E-state index contributed by atoms with van der Waals surface area (Å²) in [5.41, 5.74) is -1.09. The topological polar surface area (TPSA) is 26.3 Å². The van der Waals surface area contributed by atoms with Gasteiger partial charge in [-0.05, 0) is 38.5 Å². The lowest BCUT2D eigenvalue weighted by atomic mass is 9.97. The second-order valence-corrected chi connectivity index (χ2v) is 5.02. The van der Waals surface area contributed by atoms with Crippen LogP contribution in [0.2, 0.25) is 0 Å². The van der Waals surface area contributed by atoms with Gasteiger partial charge in [-0.25, -0.2) is 0 Å². The van der Waals surface area contributed by atoms with E-state index in [2.05, 4.69) is 0 Å². The number of hydrogen-bond acceptors (Lipinski definition) is 2. The largest absolute Gasteiger partial charge is 0.460 e. The molecule has 0 saturated carbocycles. The van der Waals surface area contributed by atoms with Gasteiger partial charge in [-0.3, -0.25) is 4.79 Å². The summed E-state index contributed by atoms with van der Waals surface area (Å²) in [5.74, 6) is -0.445. The quantitative estimate of drug-likeness (QED) is 0.756. The molecule has 0 amide bonds. The third-order valence-corrected chi connectivity index (χ3v) is 2.24. The Kier molecular flexibility index (Phi) is 4.04. The number of alkyl halides is 3. The van der Waals surface area contributed by atoms with Crippen LogP contribution in [0.4, 0.5) is 13.2 Å².